The second-order valence-corrected chi connectivity index (χ2v) is 15.9. The van der Waals surface area contributed by atoms with Gasteiger partial charge in [0, 0.05) is 6.26 Å². The number of amides is 4. The van der Waals surface area contributed by atoms with Gasteiger partial charge in [-0.05, 0) is 61.3 Å². The van der Waals surface area contributed by atoms with Crippen molar-refractivity contribution in [3.63, 3.8) is 0 Å². The van der Waals surface area contributed by atoms with Crippen LogP contribution in [0.4, 0.5) is 4.79 Å². The van der Waals surface area contributed by atoms with Crippen LogP contribution in [0.2, 0.25) is 0 Å². The second kappa shape index (κ2) is 21.2. The normalized spacial score (nSPS) is 15.1. The van der Waals surface area contributed by atoms with E-state index in [9.17, 15) is 37.2 Å². The zero-order valence-electron chi connectivity index (χ0n) is 31.5. The zero-order valence-corrected chi connectivity index (χ0v) is 33.0. The highest BCUT2D eigenvalue weighted by molar-refractivity contribution is 7.96. The van der Waals surface area contributed by atoms with Crippen LogP contribution in [0.25, 0.3) is 0 Å². The Hall–Kier alpha value is -4.96. The van der Waals surface area contributed by atoms with Crippen molar-refractivity contribution in [3.8, 4) is 0 Å². The highest BCUT2D eigenvalue weighted by Gasteiger charge is 2.39. The van der Waals surface area contributed by atoms with Crippen molar-refractivity contribution < 1.29 is 51.4 Å². The van der Waals surface area contributed by atoms with Crippen molar-refractivity contribution in [1.82, 2.24) is 21.3 Å². The molecule has 2 aromatic rings. The lowest BCUT2D eigenvalue weighted by Gasteiger charge is -2.30. The Labute approximate surface area is 326 Å². The first kappa shape index (κ1) is 44.4. The minimum Gasteiger partial charge on any atom is -0.466 e. The molecule has 0 saturated heterocycles. The van der Waals surface area contributed by atoms with Crippen molar-refractivity contribution in [2.75, 3.05) is 19.5 Å². The van der Waals surface area contributed by atoms with Crippen molar-refractivity contribution in [2.45, 2.75) is 84.2 Å². The van der Waals surface area contributed by atoms with Crippen molar-refractivity contribution >= 4 is 57.2 Å². The quantitative estimate of drug-likeness (QED) is 0.120. The Morgan fingerprint density at radius 1 is 0.764 bits per heavy atom. The number of ether oxygens (including phenoxy) is 3. The molecule has 0 bridgehead atoms. The molecular formula is C38H49ClN4O11S. The fraction of sp³-hybridized carbons (Fsp3) is 0.474. The highest BCUT2D eigenvalue weighted by Crippen LogP contribution is 2.29. The van der Waals surface area contributed by atoms with Gasteiger partial charge < -0.3 is 35.5 Å². The molecule has 55 heavy (non-hydrogen) atoms. The molecule has 0 radical (unpaired) electrons. The summed E-state index contributed by atoms with van der Waals surface area (Å²) >= 11 is 5.97. The Balaban J connectivity index is 1.89. The summed E-state index contributed by atoms with van der Waals surface area (Å²) in [5, 5.41) is 10.4. The van der Waals surface area contributed by atoms with E-state index in [-0.39, 0.29) is 19.8 Å². The molecule has 3 rings (SSSR count). The molecule has 0 unspecified atom stereocenters. The van der Waals surface area contributed by atoms with Gasteiger partial charge in [-0.15, -0.1) is 0 Å². The average Bonchev–Trinajstić information content (AvgIpc) is 3.55. The fourth-order valence-electron chi connectivity index (χ4n) is 5.87. The molecule has 0 spiro atoms. The predicted molar refractivity (Wildman–Crippen MR) is 203 cm³/mol. The monoisotopic (exact) mass is 804 g/mol. The van der Waals surface area contributed by atoms with Gasteiger partial charge in [-0.3, -0.25) is 24.0 Å². The van der Waals surface area contributed by atoms with E-state index in [0.29, 0.717) is 18.4 Å². The van der Waals surface area contributed by atoms with Gasteiger partial charge in [0.15, 0.2) is 9.84 Å². The summed E-state index contributed by atoms with van der Waals surface area (Å²) in [4.78, 5) is 79.6. The summed E-state index contributed by atoms with van der Waals surface area (Å²) in [5.74, 6) is -4.94. The summed E-state index contributed by atoms with van der Waals surface area (Å²) < 4.78 is 38.8. The van der Waals surface area contributed by atoms with Crippen LogP contribution in [0, 0.1) is 11.8 Å². The van der Waals surface area contributed by atoms with E-state index in [2.05, 4.69) is 21.3 Å². The summed E-state index contributed by atoms with van der Waals surface area (Å²) in [6, 6.07) is 11.1. The maximum atomic E-state index is 14.2. The van der Waals surface area contributed by atoms with E-state index in [1.54, 1.807) is 58.0 Å². The van der Waals surface area contributed by atoms with E-state index in [1.807, 2.05) is 24.3 Å². The van der Waals surface area contributed by atoms with Gasteiger partial charge in [-0.25, -0.2) is 13.2 Å². The smallest absolute Gasteiger partial charge is 0.408 e. The third-order valence-corrected chi connectivity index (χ3v) is 10.4. The molecule has 0 saturated carbocycles. The first-order chi connectivity index (χ1) is 26.0. The summed E-state index contributed by atoms with van der Waals surface area (Å²) in [5.41, 5.74) is 2.60. The molecule has 4 amide bonds. The van der Waals surface area contributed by atoms with E-state index in [4.69, 9.17) is 25.8 Å². The number of carbonyl (C=O) groups excluding carboxylic acids is 6. The number of alkyl carbamates (subject to hydrolysis) is 1. The van der Waals surface area contributed by atoms with Crippen LogP contribution in [-0.2, 0) is 67.5 Å². The molecule has 1 aliphatic carbocycles. The number of carbonyl (C=O) groups is 6. The second-order valence-electron chi connectivity index (χ2n) is 13.3. The molecule has 15 nitrogen and oxygen atoms in total. The number of hydrogen-bond donors (Lipinski definition) is 4. The van der Waals surface area contributed by atoms with E-state index < -0.39 is 98.8 Å². The minimum absolute atomic E-state index is 0.0204. The molecule has 0 fully saturated rings. The van der Waals surface area contributed by atoms with E-state index in [1.165, 1.54) is 0 Å². The lowest BCUT2D eigenvalue weighted by Crippen LogP contribution is -2.60. The SMILES string of the molecule is CCOC(=O)C[C@@H](/C=C(\Cl)S(C)(=O)=O)NC(=O)[C@@H](NC(=O)[C@@H](NC(=O)[C@H](CC(=O)OCC)NC(=O)OCc1ccccc1)C1Cc2ccccc2C1)C(C)C. The Morgan fingerprint density at radius 2 is 1.33 bits per heavy atom. The Bertz CT molecular complexity index is 1800. The predicted octanol–water partition coefficient (Wildman–Crippen LogP) is 2.84. The van der Waals surface area contributed by atoms with E-state index >= 15 is 0 Å². The molecule has 0 aromatic heterocycles. The Kier molecular flexibility index (Phi) is 17.1. The lowest BCUT2D eigenvalue weighted by molar-refractivity contribution is -0.146. The van der Waals surface area contributed by atoms with Crippen LogP contribution >= 0.6 is 11.6 Å². The minimum atomic E-state index is -3.88. The summed E-state index contributed by atoms with van der Waals surface area (Å²) in [7, 11) is -3.88. The number of hydrogen-bond acceptors (Lipinski definition) is 11. The summed E-state index contributed by atoms with van der Waals surface area (Å²) in [6.45, 7) is 6.43. The first-order valence-corrected chi connectivity index (χ1v) is 20.1. The van der Waals surface area contributed by atoms with Gasteiger partial charge in [0.2, 0.25) is 17.7 Å². The molecule has 0 aliphatic heterocycles. The lowest BCUT2D eigenvalue weighted by atomic mass is 9.93. The number of rotatable bonds is 19. The summed E-state index contributed by atoms with van der Waals surface area (Å²) in [6.07, 6.45) is 0.639. The number of sulfone groups is 1. The highest BCUT2D eigenvalue weighted by atomic mass is 35.5. The molecule has 2 aromatic carbocycles. The third kappa shape index (κ3) is 14.3. The van der Waals surface area contributed by atoms with Gasteiger partial charge in [-0.2, -0.15) is 0 Å². The average molecular weight is 805 g/mol. The van der Waals surface area contributed by atoms with Gasteiger partial charge in [0.1, 0.15) is 29.1 Å². The number of fused-ring (bicyclic) bond motifs is 1. The molecule has 4 atom stereocenters. The van der Waals surface area contributed by atoms with Gasteiger partial charge >= 0.3 is 18.0 Å². The zero-order chi connectivity index (χ0) is 40.7. The molecule has 17 heteroatoms. The standard InChI is InChI=1S/C38H49ClN4O11S/c1-6-52-31(44)20-28(19-30(39)55(5,50)51)40-36(47)33(23(3)4)42-37(48)34(27-17-25-15-11-12-16-26(25)18-27)43-35(46)29(21-32(45)53-7-2)41-38(49)54-22-24-13-9-8-10-14-24/h8-16,19,23,27-29,33-34H,6-7,17-18,20-22H2,1-5H3,(H,40,47)(H,41,49)(H,42,48)(H,43,46)/b30-19+/t28-,29+,33+,34+/m1/s1. The van der Waals surface area contributed by atoms with E-state index in [0.717, 1.165) is 23.5 Å². The fourth-order valence-corrected chi connectivity index (χ4v) is 6.43. The van der Waals surface area contributed by atoms with Crippen molar-refractivity contribution in [2.24, 2.45) is 11.8 Å². The maximum absolute atomic E-state index is 14.2. The van der Waals surface area contributed by atoms with Crippen LogP contribution in [0.15, 0.2) is 65.0 Å². The van der Waals surface area contributed by atoms with Crippen LogP contribution in [0.3, 0.4) is 0 Å². The first-order valence-electron chi connectivity index (χ1n) is 17.9. The van der Waals surface area contributed by atoms with Crippen LogP contribution in [-0.4, -0.2) is 87.8 Å². The molecule has 0 heterocycles. The molecular weight excluding hydrogens is 756 g/mol. The topological polar surface area (TPSA) is 212 Å². The largest absolute Gasteiger partial charge is 0.466 e. The third-order valence-electron chi connectivity index (χ3n) is 8.58. The van der Waals surface area contributed by atoms with Gasteiger partial charge in [0.05, 0.1) is 32.1 Å². The molecule has 4 N–H and O–H groups in total. The maximum Gasteiger partial charge on any atom is 0.408 e. The molecule has 1 aliphatic rings. The number of benzene rings is 2. The molecule has 300 valence electrons. The number of halogens is 1. The number of nitrogens with one attached hydrogen (secondary N) is 4. The van der Waals surface area contributed by atoms with Crippen LogP contribution in [0.5, 0.6) is 0 Å². The van der Waals surface area contributed by atoms with Crippen molar-refractivity contribution in [3.05, 3.63) is 81.7 Å². The van der Waals surface area contributed by atoms with Gasteiger partial charge in [-0.1, -0.05) is 80.0 Å². The van der Waals surface area contributed by atoms with Gasteiger partial charge in [0.25, 0.3) is 0 Å². The Morgan fingerprint density at radius 3 is 1.87 bits per heavy atom. The van der Waals surface area contributed by atoms with Crippen LogP contribution in [0.1, 0.15) is 57.2 Å². The van der Waals surface area contributed by atoms with Crippen LogP contribution < -0.4 is 21.3 Å². The number of esters is 2. The van der Waals surface area contributed by atoms with Crippen molar-refractivity contribution in [1.29, 1.82) is 0 Å².